The smallest absolute Gasteiger partial charge is 0.253 e. The molecule has 2 aromatic carbocycles. The number of ether oxygens (including phenoxy) is 2. The van der Waals surface area contributed by atoms with Crippen LogP contribution in [0.1, 0.15) is 29.8 Å². The van der Waals surface area contributed by atoms with E-state index in [4.69, 9.17) is 21.1 Å². The van der Waals surface area contributed by atoms with E-state index < -0.39 is 15.9 Å². The molecule has 1 aliphatic heterocycles. The van der Waals surface area contributed by atoms with Crippen LogP contribution in [0.15, 0.2) is 41.3 Å². The number of amides is 1. The molecule has 0 saturated carbocycles. The van der Waals surface area contributed by atoms with Crippen LogP contribution in [0.2, 0.25) is 5.02 Å². The van der Waals surface area contributed by atoms with Crippen LogP contribution in [0, 0.1) is 0 Å². The monoisotopic (exact) mass is 438 g/mol. The van der Waals surface area contributed by atoms with Crippen LogP contribution in [0.25, 0.3) is 0 Å². The van der Waals surface area contributed by atoms with Gasteiger partial charge in [-0.05, 0) is 38.1 Å². The van der Waals surface area contributed by atoms with E-state index in [-0.39, 0.29) is 28.1 Å². The maximum atomic E-state index is 12.7. The molecular formula is C20H23ClN2O5S. The molecule has 1 aliphatic rings. The first-order valence-electron chi connectivity index (χ1n) is 9.15. The van der Waals surface area contributed by atoms with Gasteiger partial charge < -0.3 is 14.8 Å². The fourth-order valence-corrected chi connectivity index (χ4v) is 4.42. The summed E-state index contributed by atoms with van der Waals surface area (Å²) < 4.78 is 37.9. The van der Waals surface area contributed by atoms with Crippen LogP contribution >= 0.6 is 11.6 Å². The van der Waals surface area contributed by atoms with Crippen molar-refractivity contribution in [3.05, 3.63) is 52.5 Å². The third-order valence-electron chi connectivity index (χ3n) is 4.67. The molecule has 2 aromatic rings. The molecule has 29 heavy (non-hydrogen) atoms. The number of hydrogen-bond acceptors (Lipinski definition) is 5. The molecule has 0 spiro atoms. The minimum absolute atomic E-state index is 0.0112. The van der Waals surface area contributed by atoms with Gasteiger partial charge in [0.2, 0.25) is 10.0 Å². The lowest BCUT2D eigenvalue weighted by Gasteiger charge is -2.22. The van der Waals surface area contributed by atoms with Crippen molar-refractivity contribution >= 4 is 27.5 Å². The molecule has 0 radical (unpaired) electrons. The normalized spacial score (nSPS) is 13.6. The Balaban J connectivity index is 1.82. The molecule has 3 rings (SSSR count). The van der Waals surface area contributed by atoms with E-state index in [0.29, 0.717) is 24.7 Å². The van der Waals surface area contributed by atoms with Crippen LogP contribution in [-0.2, 0) is 16.6 Å². The Morgan fingerprint density at radius 1 is 1.21 bits per heavy atom. The molecule has 1 heterocycles. The summed E-state index contributed by atoms with van der Waals surface area (Å²) in [7, 11) is -2.24. The zero-order valence-electron chi connectivity index (χ0n) is 16.4. The summed E-state index contributed by atoms with van der Waals surface area (Å²) >= 11 is 6.17. The van der Waals surface area contributed by atoms with Crippen LogP contribution in [0.5, 0.6) is 11.5 Å². The third-order valence-corrected chi connectivity index (χ3v) is 7.03. The van der Waals surface area contributed by atoms with Crippen molar-refractivity contribution in [2.24, 2.45) is 0 Å². The Hall–Kier alpha value is -2.29. The number of para-hydroxylation sites is 1. The maximum absolute atomic E-state index is 12.7. The van der Waals surface area contributed by atoms with Crippen molar-refractivity contribution in [3.8, 4) is 11.5 Å². The molecule has 0 unspecified atom stereocenters. The Labute approximate surface area is 175 Å². The maximum Gasteiger partial charge on any atom is 0.253 e. The van der Waals surface area contributed by atoms with Gasteiger partial charge in [0, 0.05) is 25.2 Å². The molecule has 0 fully saturated rings. The first kappa shape index (κ1) is 21.4. The number of benzene rings is 2. The van der Waals surface area contributed by atoms with Crippen molar-refractivity contribution < 1.29 is 22.7 Å². The summed E-state index contributed by atoms with van der Waals surface area (Å²) in [5.41, 5.74) is 0.849. The number of fused-ring (bicyclic) bond motifs is 1. The van der Waals surface area contributed by atoms with E-state index in [0.717, 1.165) is 5.56 Å². The third kappa shape index (κ3) is 4.49. The van der Waals surface area contributed by atoms with Crippen molar-refractivity contribution in [1.82, 2.24) is 9.62 Å². The van der Waals surface area contributed by atoms with Crippen molar-refractivity contribution in [1.29, 1.82) is 0 Å². The highest BCUT2D eigenvalue weighted by molar-refractivity contribution is 7.89. The summed E-state index contributed by atoms with van der Waals surface area (Å²) in [5, 5.41) is 2.94. The number of carbonyl (C=O) groups is 1. The summed E-state index contributed by atoms with van der Waals surface area (Å²) in [6.45, 7) is 4.64. The molecule has 0 saturated heterocycles. The number of halogens is 1. The summed E-state index contributed by atoms with van der Waals surface area (Å²) in [5.74, 6) is 0.749. The minimum Gasteiger partial charge on any atom is -0.486 e. The number of sulfonamides is 1. The van der Waals surface area contributed by atoms with Crippen molar-refractivity contribution in [2.45, 2.75) is 31.3 Å². The number of nitrogens with one attached hydrogen (secondary N) is 1. The predicted octanol–water partition coefficient (Wildman–Crippen LogP) is 3.07. The molecule has 9 heteroatoms. The van der Waals surface area contributed by atoms with Crippen molar-refractivity contribution in [2.75, 3.05) is 20.3 Å². The molecule has 0 atom stereocenters. The molecule has 1 amide bonds. The zero-order chi connectivity index (χ0) is 21.2. The second-order valence-corrected chi connectivity index (χ2v) is 9.29. The van der Waals surface area contributed by atoms with E-state index in [1.807, 2.05) is 12.1 Å². The van der Waals surface area contributed by atoms with Gasteiger partial charge >= 0.3 is 0 Å². The topological polar surface area (TPSA) is 84.9 Å². The van der Waals surface area contributed by atoms with Gasteiger partial charge in [-0.25, -0.2) is 8.42 Å². The highest BCUT2D eigenvalue weighted by Gasteiger charge is 2.25. The summed E-state index contributed by atoms with van der Waals surface area (Å²) in [6, 6.07) is 9.33. The van der Waals surface area contributed by atoms with Crippen LogP contribution in [0.3, 0.4) is 0 Å². The minimum atomic E-state index is -3.73. The second kappa shape index (κ2) is 8.61. The van der Waals surface area contributed by atoms with E-state index in [2.05, 4.69) is 5.32 Å². The van der Waals surface area contributed by atoms with Crippen LogP contribution < -0.4 is 14.8 Å². The SMILES string of the molecule is CC(C)N(C)S(=O)(=O)c1ccc(Cl)c(C(=O)NCc2cccc3c2OCCO3)c1. The highest BCUT2D eigenvalue weighted by atomic mass is 35.5. The molecule has 1 N–H and O–H groups in total. The fourth-order valence-electron chi connectivity index (χ4n) is 2.83. The van der Waals surface area contributed by atoms with E-state index in [9.17, 15) is 13.2 Å². The van der Waals surface area contributed by atoms with E-state index in [1.54, 1.807) is 19.9 Å². The molecule has 0 aliphatic carbocycles. The Kier molecular flexibility index (Phi) is 6.36. The standard InChI is InChI=1S/C20H23ClN2O5S/c1-13(2)23(3)29(25,26)15-7-8-17(21)16(11-15)20(24)22-12-14-5-4-6-18-19(14)28-10-9-27-18/h4-8,11,13H,9-10,12H2,1-3H3,(H,22,24). The summed E-state index contributed by atoms with van der Waals surface area (Å²) in [4.78, 5) is 12.7. The van der Waals surface area contributed by atoms with E-state index >= 15 is 0 Å². The van der Waals surface area contributed by atoms with Gasteiger partial charge in [0.25, 0.3) is 5.91 Å². The average Bonchev–Trinajstić information content (AvgIpc) is 2.71. The quantitative estimate of drug-likeness (QED) is 0.749. The number of carbonyl (C=O) groups excluding carboxylic acids is 1. The van der Waals surface area contributed by atoms with Gasteiger partial charge in [-0.1, -0.05) is 23.7 Å². The zero-order valence-corrected chi connectivity index (χ0v) is 18.0. The average molecular weight is 439 g/mol. The number of rotatable bonds is 6. The van der Waals surface area contributed by atoms with Gasteiger partial charge in [-0.15, -0.1) is 0 Å². The van der Waals surface area contributed by atoms with Crippen LogP contribution in [-0.4, -0.2) is 44.9 Å². The molecule has 0 aromatic heterocycles. The predicted molar refractivity (Wildman–Crippen MR) is 110 cm³/mol. The van der Waals surface area contributed by atoms with Gasteiger partial charge in [-0.2, -0.15) is 4.31 Å². The number of nitrogens with zero attached hydrogens (tertiary/aromatic N) is 1. The first-order chi connectivity index (χ1) is 13.7. The lowest BCUT2D eigenvalue weighted by Crippen LogP contribution is -2.33. The largest absolute Gasteiger partial charge is 0.486 e. The van der Waals surface area contributed by atoms with Gasteiger partial charge in [0.05, 0.1) is 15.5 Å². The Morgan fingerprint density at radius 2 is 1.93 bits per heavy atom. The Bertz CT molecular complexity index is 1020. The number of hydrogen-bond donors (Lipinski definition) is 1. The highest BCUT2D eigenvalue weighted by Crippen LogP contribution is 2.33. The van der Waals surface area contributed by atoms with Gasteiger partial charge in [-0.3, -0.25) is 4.79 Å². The molecule has 0 bridgehead atoms. The first-order valence-corrected chi connectivity index (χ1v) is 11.0. The molecule has 7 nitrogen and oxygen atoms in total. The lowest BCUT2D eigenvalue weighted by molar-refractivity contribution is 0.0950. The van der Waals surface area contributed by atoms with E-state index in [1.165, 1.54) is 29.6 Å². The lowest BCUT2D eigenvalue weighted by atomic mass is 10.1. The van der Waals surface area contributed by atoms with Gasteiger partial charge in [0.1, 0.15) is 13.2 Å². The fraction of sp³-hybridized carbons (Fsp3) is 0.350. The molecule has 156 valence electrons. The van der Waals surface area contributed by atoms with Crippen LogP contribution in [0.4, 0.5) is 0 Å². The van der Waals surface area contributed by atoms with Gasteiger partial charge in [0.15, 0.2) is 11.5 Å². The Morgan fingerprint density at radius 3 is 2.66 bits per heavy atom. The summed E-state index contributed by atoms with van der Waals surface area (Å²) in [6.07, 6.45) is 0. The second-order valence-electron chi connectivity index (χ2n) is 6.88. The van der Waals surface area contributed by atoms with Crippen molar-refractivity contribution in [3.63, 3.8) is 0 Å². The molecular weight excluding hydrogens is 416 g/mol.